The molecule has 0 saturated carbocycles. The second kappa shape index (κ2) is 6.70. The molecule has 0 fully saturated rings. The van der Waals surface area contributed by atoms with Gasteiger partial charge in [-0.25, -0.2) is 4.79 Å². The Kier molecular flexibility index (Phi) is 6.36. The highest BCUT2D eigenvalue weighted by molar-refractivity contribution is 5.68. The number of amides is 1. The first-order chi connectivity index (χ1) is 7.20. The van der Waals surface area contributed by atoms with Crippen LogP contribution in [0.5, 0.6) is 0 Å². The molecule has 0 aliphatic carbocycles. The molecule has 0 radical (unpaired) electrons. The van der Waals surface area contributed by atoms with Crippen LogP contribution >= 0.6 is 0 Å². The number of hydrazine groups is 1. The van der Waals surface area contributed by atoms with Crippen molar-refractivity contribution in [2.75, 3.05) is 6.54 Å². The van der Waals surface area contributed by atoms with Crippen LogP contribution in [0.25, 0.3) is 0 Å². The van der Waals surface area contributed by atoms with E-state index >= 15 is 0 Å². The highest BCUT2D eigenvalue weighted by atomic mass is 16.6. The number of rotatable bonds is 5. The van der Waals surface area contributed by atoms with E-state index in [2.05, 4.69) is 16.2 Å². The molecule has 1 amide bonds. The number of carbonyl (C=O) groups excluding carboxylic acids is 1. The average molecular weight is 231 g/mol. The summed E-state index contributed by atoms with van der Waals surface area (Å²) in [5.74, 6) is 0. The summed E-state index contributed by atoms with van der Waals surface area (Å²) in [6.45, 7) is 12.2. The second-order valence-corrected chi connectivity index (χ2v) is 5.23. The third-order valence-corrected chi connectivity index (χ3v) is 1.56. The number of ether oxygens (including phenoxy) is 1. The van der Waals surface area contributed by atoms with Gasteiger partial charge < -0.3 is 10.1 Å². The molecule has 0 bridgehead atoms. The average Bonchev–Trinajstić information content (AvgIpc) is 1.98. The van der Waals surface area contributed by atoms with Crippen LogP contribution in [-0.2, 0) is 4.74 Å². The Labute approximate surface area is 98.3 Å². The van der Waals surface area contributed by atoms with Crippen LogP contribution < -0.4 is 16.2 Å². The lowest BCUT2D eigenvalue weighted by atomic mass is 10.2. The van der Waals surface area contributed by atoms with Crippen LogP contribution in [0, 0.1) is 0 Å². The SMILES string of the molecule is CC(C)NNCC(C)NC(=O)OC(C)(C)C. The molecule has 5 nitrogen and oxygen atoms in total. The van der Waals surface area contributed by atoms with Crippen molar-refractivity contribution in [2.24, 2.45) is 0 Å². The smallest absolute Gasteiger partial charge is 0.407 e. The van der Waals surface area contributed by atoms with Crippen molar-refractivity contribution in [1.29, 1.82) is 0 Å². The van der Waals surface area contributed by atoms with Crippen molar-refractivity contribution >= 4 is 6.09 Å². The third kappa shape index (κ3) is 9.73. The van der Waals surface area contributed by atoms with Gasteiger partial charge in [0.2, 0.25) is 0 Å². The van der Waals surface area contributed by atoms with Crippen molar-refractivity contribution in [3.63, 3.8) is 0 Å². The van der Waals surface area contributed by atoms with Crippen LogP contribution in [0.3, 0.4) is 0 Å². The van der Waals surface area contributed by atoms with Crippen LogP contribution in [0.15, 0.2) is 0 Å². The van der Waals surface area contributed by atoms with Gasteiger partial charge in [0.15, 0.2) is 0 Å². The molecule has 0 aromatic rings. The molecule has 0 spiro atoms. The summed E-state index contributed by atoms with van der Waals surface area (Å²) in [6, 6.07) is 0.384. The van der Waals surface area contributed by atoms with E-state index in [4.69, 9.17) is 4.74 Å². The van der Waals surface area contributed by atoms with Crippen molar-refractivity contribution in [3.05, 3.63) is 0 Å². The fraction of sp³-hybridized carbons (Fsp3) is 0.909. The van der Waals surface area contributed by atoms with Crippen LogP contribution in [0.4, 0.5) is 4.79 Å². The Bertz CT molecular complexity index is 212. The van der Waals surface area contributed by atoms with Gasteiger partial charge in [-0.15, -0.1) is 0 Å². The molecule has 1 atom stereocenters. The first-order valence-corrected chi connectivity index (χ1v) is 5.68. The largest absolute Gasteiger partial charge is 0.444 e. The van der Waals surface area contributed by atoms with Crippen molar-refractivity contribution in [2.45, 2.75) is 59.2 Å². The van der Waals surface area contributed by atoms with Gasteiger partial charge in [-0.05, 0) is 41.5 Å². The van der Waals surface area contributed by atoms with E-state index in [-0.39, 0.29) is 12.1 Å². The Morgan fingerprint density at radius 1 is 1.25 bits per heavy atom. The molecule has 3 N–H and O–H groups in total. The molecule has 96 valence electrons. The van der Waals surface area contributed by atoms with Crippen LogP contribution in [-0.4, -0.2) is 30.3 Å². The highest BCUT2D eigenvalue weighted by Crippen LogP contribution is 2.06. The van der Waals surface area contributed by atoms with Gasteiger partial charge in [0, 0.05) is 18.6 Å². The van der Waals surface area contributed by atoms with E-state index in [1.165, 1.54) is 0 Å². The molecule has 5 heteroatoms. The van der Waals surface area contributed by atoms with Gasteiger partial charge in [0.25, 0.3) is 0 Å². The van der Waals surface area contributed by atoms with Gasteiger partial charge in [-0.1, -0.05) is 0 Å². The molecule has 0 aromatic carbocycles. The summed E-state index contributed by atoms with van der Waals surface area (Å²) >= 11 is 0. The first kappa shape index (κ1) is 15.2. The fourth-order valence-electron chi connectivity index (χ4n) is 0.976. The van der Waals surface area contributed by atoms with Gasteiger partial charge in [0.05, 0.1) is 0 Å². The number of hydrogen-bond donors (Lipinski definition) is 3. The Morgan fingerprint density at radius 2 is 1.81 bits per heavy atom. The van der Waals surface area contributed by atoms with Crippen molar-refractivity contribution in [3.8, 4) is 0 Å². The molecule has 16 heavy (non-hydrogen) atoms. The zero-order chi connectivity index (χ0) is 12.8. The van der Waals surface area contributed by atoms with E-state index in [0.29, 0.717) is 12.6 Å². The quantitative estimate of drug-likeness (QED) is 0.626. The monoisotopic (exact) mass is 231 g/mol. The summed E-state index contributed by atoms with van der Waals surface area (Å²) in [4.78, 5) is 11.4. The summed E-state index contributed by atoms with van der Waals surface area (Å²) < 4.78 is 5.14. The van der Waals surface area contributed by atoms with E-state index in [1.54, 1.807) is 0 Å². The maximum absolute atomic E-state index is 11.4. The molecule has 0 saturated heterocycles. The Balaban J connectivity index is 3.70. The maximum Gasteiger partial charge on any atom is 0.407 e. The van der Waals surface area contributed by atoms with Gasteiger partial charge in [-0.3, -0.25) is 10.9 Å². The molecule has 0 aromatic heterocycles. The predicted octanol–water partition coefficient (Wildman–Crippen LogP) is 1.40. The summed E-state index contributed by atoms with van der Waals surface area (Å²) in [6.07, 6.45) is -0.383. The van der Waals surface area contributed by atoms with Gasteiger partial charge in [0.1, 0.15) is 5.60 Å². The first-order valence-electron chi connectivity index (χ1n) is 5.68. The summed E-state index contributed by atoms with van der Waals surface area (Å²) in [5.41, 5.74) is 5.64. The van der Waals surface area contributed by atoms with Crippen LogP contribution in [0.1, 0.15) is 41.5 Å². The molecule has 0 aliphatic heterocycles. The summed E-state index contributed by atoms with van der Waals surface area (Å²) in [7, 11) is 0. The number of hydrogen-bond acceptors (Lipinski definition) is 4. The Hall–Kier alpha value is -0.810. The lowest BCUT2D eigenvalue weighted by Crippen LogP contribution is -2.47. The van der Waals surface area contributed by atoms with Gasteiger partial charge in [-0.2, -0.15) is 0 Å². The Morgan fingerprint density at radius 3 is 2.25 bits per heavy atom. The summed E-state index contributed by atoms with van der Waals surface area (Å²) in [5, 5.41) is 2.75. The molecular formula is C11H25N3O2. The standard InChI is InChI=1S/C11H25N3O2/c1-8(2)14-12-7-9(3)13-10(15)16-11(4,5)6/h8-9,12,14H,7H2,1-6H3,(H,13,15). The molecule has 0 rings (SSSR count). The van der Waals surface area contributed by atoms with E-state index in [0.717, 1.165) is 0 Å². The second-order valence-electron chi connectivity index (χ2n) is 5.23. The zero-order valence-electron chi connectivity index (χ0n) is 11.2. The van der Waals surface area contributed by atoms with Crippen LogP contribution in [0.2, 0.25) is 0 Å². The number of carbonyl (C=O) groups is 1. The maximum atomic E-state index is 11.4. The predicted molar refractivity (Wildman–Crippen MR) is 65.1 cm³/mol. The minimum atomic E-state index is -0.451. The zero-order valence-corrected chi connectivity index (χ0v) is 11.2. The van der Waals surface area contributed by atoms with E-state index in [1.807, 2.05) is 41.5 Å². The topological polar surface area (TPSA) is 62.4 Å². The van der Waals surface area contributed by atoms with E-state index < -0.39 is 5.60 Å². The minimum absolute atomic E-state index is 0.0149. The van der Waals surface area contributed by atoms with E-state index in [9.17, 15) is 4.79 Å². The normalized spacial score (nSPS) is 13.7. The third-order valence-electron chi connectivity index (χ3n) is 1.56. The minimum Gasteiger partial charge on any atom is -0.444 e. The highest BCUT2D eigenvalue weighted by Gasteiger charge is 2.17. The fourth-order valence-corrected chi connectivity index (χ4v) is 0.976. The van der Waals surface area contributed by atoms with Gasteiger partial charge >= 0.3 is 6.09 Å². The lowest BCUT2D eigenvalue weighted by Gasteiger charge is -2.22. The molecule has 0 heterocycles. The van der Waals surface area contributed by atoms with Crippen molar-refractivity contribution in [1.82, 2.24) is 16.2 Å². The molecule has 1 unspecified atom stereocenters. The van der Waals surface area contributed by atoms with Crippen molar-refractivity contribution < 1.29 is 9.53 Å². The number of nitrogens with one attached hydrogen (secondary N) is 3. The molecule has 0 aliphatic rings. The lowest BCUT2D eigenvalue weighted by molar-refractivity contribution is 0.0507. The number of alkyl carbamates (subject to hydrolysis) is 1. The molecular weight excluding hydrogens is 206 g/mol.